The molecule has 4 rings (SSSR count). The number of hydrogen-bond acceptors (Lipinski definition) is 8. The van der Waals surface area contributed by atoms with Crippen molar-refractivity contribution in [3.8, 4) is 22.9 Å². The van der Waals surface area contributed by atoms with Crippen LogP contribution in [0.4, 0.5) is 5.69 Å². The van der Waals surface area contributed by atoms with Crippen LogP contribution >= 0.6 is 11.8 Å². The lowest BCUT2D eigenvalue weighted by molar-refractivity contribution is -0.384. The van der Waals surface area contributed by atoms with Crippen LogP contribution in [-0.4, -0.2) is 45.5 Å². The van der Waals surface area contributed by atoms with E-state index in [2.05, 4.69) is 15.3 Å². The highest BCUT2D eigenvalue weighted by Gasteiger charge is 2.22. The molecule has 28 heavy (non-hydrogen) atoms. The Bertz CT molecular complexity index is 1080. The summed E-state index contributed by atoms with van der Waals surface area (Å²) >= 11 is 1.50. The van der Waals surface area contributed by atoms with Gasteiger partial charge in [-0.2, -0.15) is 9.78 Å². The smallest absolute Gasteiger partial charge is 0.269 e. The van der Waals surface area contributed by atoms with Gasteiger partial charge in [-0.15, -0.1) is 10.2 Å². The van der Waals surface area contributed by atoms with Gasteiger partial charge in [0, 0.05) is 23.4 Å². The summed E-state index contributed by atoms with van der Waals surface area (Å²) in [7, 11) is 3.15. The average Bonchev–Trinajstić information content (AvgIpc) is 3.16. The number of aromatic nitrogens is 3. The molecule has 0 fully saturated rings. The number of nitro groups is 1. The van der Waals surface area contributed by atoms with Gasteiger partial charge in [-0.1, -0.05) is 11.8 Å². The molecule has 0 bridgehead atoms. The fourth-order valence-electron chi connectivity index (χ4n) is 2.80. The average molecular weight is 397 g/mol. The molecular weight excluding hydrogens is 382 g/mol. The molecule has 0 atom stereocenters. The number of thioether (sulfide) groups is 1. The van der Waals surface area contributed by atoms with Crippen LogP contribution in [0, 0.1) is 10.1 Å². The molecule has 0 aliphatic carbocycles. The molecule has 9 nitrogen and oxygen atoms in total. The summed E-state index contributed by atoms with van der Waals surface area (Å²) < 4.78 is 12.3. The summed E-state index contributed by atoms with van der Waals surface area (Å²) in [4.78, 5) is 10.4. The third-order valence-electron chi connectivity index (χ3n) is 4.22. The highest BCUT2D eigenvalue weighted by molar-refractivity contribution is 7.99. The lowest BCUT2D eigenvalue weighted by Crippen LogP contribution is -2.13. The van der Waals surface area contributed by atoms with E-state index in [4.69, 9.17) is 9.47 Å². The maximum absolute atomic E-state index is 10.8. The van der Waals surface area contributed by atoms with E-state index in [-0.39, 0.29) is 5.69 Å². The van der Waals surface area contributed by atoms with E-state index in [1.807, 2.05) is 12.1 Å². The zero-order valence-corrected chi connectivity index (χ0v) is 15.8. The zero-order valence-electron chi connectivity index (χ0n) is 15.0. The quantitative estimate of drug-likeness (QED) is 0.481. The first kappa shape index (κ1) is 18.0. The molecule has 3 aromatic rings. The van der Waals surface area contributed by atoms with Gasteiger partial charge in [-0.25, -0.2) is 0 Å². The van der Waals surface area contributed by atoms with Gasteiger partial charge in [0.25, 0.3) is 5.69 Å². The number of hydrogen-bond donors (Lipinski definition) is 0. The van der Waals surface area contributed by atoms with Gasteiger partial charge in [0.1, 0.15) is 0 Å². The Labute approximate surface area is 164 Å². The van der Waals surface area contributed by atoms with E-state index in [1.54, 1.807) is 37.1 Å². The van der Waals surface area contributed by atoms with Gasteiger partial charge in [0.2, 0.25) is 5.16 Å². The molecule has 2 heterocycles. The molecule has 0 amide bonds. The molecule has 0 saturated carbocycles. The second-order valence-electron chi connectivity index (χ2n) is 5.83. The summed E-state index contributed by atoms with van der Waals surface area (Å²) in [6, 6.07) is 11.8. The Morgan fingerprint density at radius 2 is 1.75 bits per heavy atom. The van der Waals surface area contributed by atoms with Crippen molar-refractivity contribution in [3.63, 3.8) is 0 Å². The zero-order chi connectivity index (χ0) is 19.7. The number of rotatable bonds is 5. The predicted molar refractivity (Wildman–Crippen MR) is 104 cm³/mol. The predicted octanol–water partition coefficient (Wildman–Crippen LogP) is 3.23. The van der Waals surface area contributed by atoms with Crippen molar-refractivity contribution in [1.29, 1.82) is 0 Å². The summed E-state index contributed by atoms with van der Waals surface area (Å²) in [5.41, 5.74) is 2.43. The first-order valence-electron chi connectivity index (χ1n) is 8.24. The first-order chi connectivity index (χ1) is 13.6. The minimum atomic E-state index is -0.422. The summed E-state index contributed by atoms with van der Waals surface area (Å²) in [6.07, 6.45) is 0. The first-order valence-corrected chi connectivity index (χ1v) is 9.22. The van der Waals surface area contributed by atoms with Crippen molar-refractivity contribution >= 4 is 23.2 Å². The monoisotopic (exact) mass is 397 g/mol. The second-order valence-corrected chi connectivity index (χ2v) is 6.77. The Kier molecular flexibility index (Phi) is 4.70. The van der Waals surface area contributed by atoms with Crippen LogP contribution in [0.15, 0.2) is 52.7 Å². The Morgan fingerprint density at radius 1 is 1.04 bits per heavy atom. The van der Waals surface area contributed by atoms with E-state index < -0.39 is 4.92 Å². The van der Waals surface area contributed by atoms with Crippen molar-refractivity contribution in [3.05, 3.63) is 58.1 Å². The maximum Gasteiger partial charge on any atom is 0.269 e. The number of benzene rings is 2. The molecule has 142 valence electrons. The van der Waals surface area contributed by atoms with E-state index in [0.29, 0.717) is 28.2 Å². The summed E-state index contributed by atoms with van der Waals surface area (Å²) in [6.45, 7) is 0. The molecule has 0 N–H and O–H groups in total. The van der Waals surface area contributed by atoms with Crippen LogP contribution in [0.1, 0.15) is 5.56 Å². The SMILES string of the molecule is COc1ccc(-c2nnc3n2N=C(c2ccc([N+](=O)[O-])cc2)CS3)cc1OC. The Hall–Kier alpha value is -3.40. The van der Waals surface area contributed by atoms with Crippen molar-refractivity contribution in [2.45, 2.75) is 5.16 Å². The minimum absolute atomic E-state index is 0.0452. The summed E-state index contributed by atoms with van der Waals surface area (Å²) in [5.74, 6) is 2.37. The fraction of sp³-hybridized carbons (Fsp3) is 0.167. The molecule has 0 radical (unpaired) electrons. The van der Waals surface area contributed by atoms with Crippen LogP contribution in [-0.2, 0) is 0 Å². The normalized spacial score (nSPS) is 12.9. The number of methoxy groups -OCH3 is 2. The molecule has 2 aromatic carbocycles. The lowest BCUT2D eigenvalue weighted by Gasteiger charge is -2.14. The number of nitro benzene ring substituents is 1. The number of non-ortho nitro benzene ring substituents is 1. The molecule has 0 unspecified atom stereocenters. The lowest BCUT2D eigenvalue weighted by atomic mass is 10.1. The van der Waals surface area contributed by atoms with Crippen LogP contribution in [0.5, 0.6) is 11.5 Å². The molecule has 10 heteroatoms. The van der Waals surface area contributed by atoms with Crippen molar-refractivity contribution in [2.24, 2.45) is 5.10 Å². The van der Waals surface area contributed by atoms with Gasteiger partial charge in [0.05, 0.1) is 24.9 Å². The van der Waals surface area contributed by atoms with Crippen LogP contribution in [0.3, 0.4) is 0 Å². The molecule has 1 aromatic heterocycles. The van der Waals surface area contributed by atoms with Crippen LogP contribution in [0.2, 0.25) is 0 Å². The number of ether oxygens (including phenoxy) is 2. The maximum atomic E-state index is 10.8. The van der Waals surface area contributed by atoms with Gasteiger partial charge in [-0.05, 0) is 35.9 Å². The van der Waals surface area contributed by atoms with Gasteiger partial charge >= 0.3 is 0 Å². The highest BCUT2D eigenvalue weighted by Crippen LogP contribution is 2.34. The standard InChI is InChI=1S/C18H15N5O4S/c1-26-15-8-5-12(9-16(15)27-2)17-19-20-18-22(17)21-14(10-28-18)11-3-6-13(7-4-11)23(24)25/h3-9H,10H2,1-2H3. The number of fused-ring (bicyclic) bond motifs is 1. The van der Waals surface area contributed by atoms with Crippen molar-refractivity contribution in [2.75, 3.05) is 20.0 Å². The molecule has 1 aliphatic rings. The van der Waals surface area contributed by atoms with E-state index >= 15 is 0 Å². The Morgan fingerprint density at radius 3 is 2.43 bits per heavy atom. The van der Waals surface area contributed by atoms with E-state index in [1.165, 1.54) is 23.9 Å². The molecule has 0 spiro atoms. The number of nitrogens with zero attached hydrogens (tertiary/aromatic N) is 5. The van der Waals surface area contributed by atoms with Crippen LogP contribution < -0.4 is 9.47 Å². The van der Waals surface area contributed by atoms with E-state index in [0.717, 1.165) is 16.8 Å². The molecule has 0 saturated heterocycles. The minimum Gasteiger partial charge on any atom is -0.493 e. The van der Waals surface area contributed by atoms with Crippen molar-refractivity contribution in [1.82, 2.24) is 14.9 Å². The van der Waals surface area contributed by atoms with Crippen LogP contribution in [0.25, 0.3) is 11.4 Å². The third-order valence-corrected chi connectivity index (χ3v) is 5.15. The molecule has 1 aliphatic heterocycles. The Balaban J connectivity index is 1.73. The highest BCUT2D eigenvalue weighted by atomic mass is 32.2. The largest absolute Gasteiger partial charge is 0.493 e. The van der Waals surface area contributed by atoms with Gasteiger partial charge in [-0.3, -0.25) is 10.1 Å². The van der Waals surface area contributed by atoms with E-state index in [9.17, 15) is 10.1 Å². The fourth-order valence-corrected chi connectivity index (χ4v) is 3.64. The van der Waals surface area contributed by atoms with Crippen molar-refractivity contribution < 1.29 is 14.4 Å². The van der Waals surface area contributed by atoms with Gasteiger partial charge < -0.3 is 9.47 Å². The third kappa shape index (κ3) is 3.18. The van der Waals surface area contributed by atoms with Gasteiger partial charge in [0.15, 0.2) is 17.3 Å². The summed E-state index contributed by atoms with van der Waals surface area (Å²) in [5, 5.41) is 24.7. The topological polar surface area (TPSA) is 105 Å². The molecular formula is C18H15N5O4S. The second kappa shape index (κ2) is 7.31.